The van der Waals surface area contributed by atoms with Gasteiger partial charge in [-0.25, -0.2) is 4.68 Å². The molecular formula is C18H21N5O3. The van der Waals surface area contributed by atoms with Crippen LogP contribution in [0, 0.1) is 13.8 Å². The van der Waals surface area contributed by atoms with Gasteiger partial charge in [0.2, 0.25) is 5.56 Å². The van der Waals surface area contributed by atoms with Crippen molar-refractivity contribution >= 4 is 16.9 Å². The van der Waals surface area contributed by atoms with Crippen LogP contribution in [0.25, 0.3) is 11.0 Å². The van der Waals surface area contributed by atoms with Gasteiger partial charge in [-0.15, -0.1) is 0 Å². The molecule has 8 heteroatoms. The standard InChI is InChI=1S/C18H21N5O3/c1-9(2)23-16-14(8-20-23)12(6-15(24)22-16)17(25)19-7-13-10(3)5-11(4)21-18(13)26/h5-6,8-9H,7H2,1-4H3,(H,19,25)(H,21,26)(H,22,24). The van der Waals surface area contributed by atoms with Crippen LogP contribution in [-0.2, 0) is 6.54 Å². The number of carbonyl (C=O) groups excluding carboxylic acids is 1. The van der Waals surface area contributed by atoms with E-state index in [2.05, 4.69) is 20.4 Å². The number of pyridine rings is 2. The van der Waals surface area contributed by atoms with E-state index in [-0.39, 0.29) is 29.3 Å². The average Bonchev–Trinajstić information content (AvgIpc) is 2.96. The highest BCUT2D eigenvalue weighted by Gasteiger charge is 2.17. The van der Waals surface area contributed by atoms with E-state index in [1.54, 1.807) is 17.8 Å². The molecule has 0 fully saturated rings. The third kappa shape index (κ3) is 3.17. The maximum atomic E-state index is 12.6. The normalized spacial score (nSPS) is 11.3. The van der Waals surface area contributed by atoms with Crippen molar-refractivity contribution in [3.8, 4) is 0 Å². The number of aromatic nitrogens is 4. The number of aryl methyl sites for hydroxylation is 2. The summed E-state index contributed by atoms with van der Waals surface area (Å²) in [6.45, 7) is 7.57. The molecule has 3 N–H and O–H groups in total. The quantitative estimate of drug-likeness (QED) is 0.659. The molecule has 8 nitrogen and oxygen atoms in total. The molecule has 0 bridgehead atoms. The summed E-state index contributed by atoms with van der Waals surface area (Å²) in [6.07, 6.45) is 1.56. The van der Waals surface area contributed by atoms with E-state index >= 15 is 0 Å². The molecule has 136 valence electrons. The second-order valence-corrected chi connectivity index (χ2v) is 6.62. The van der Waals surface area contributed by atoms with E-state index in [0.717, 1.165) is 11.3 Å². The second-order valence-electron chi connectivity index (χ2n) is 6.62. The number of rotatable bonds is 4. The largest absolute Gasteiger partial charge is 0.348 e. The van der Waals surface area contributed by atoms with Gasteiger partial charge in [-0.05, 0) is 39.3 Å². The molecular weight excluding hydrogens is 334 g/mol. The van der Waals surface area contributed by atoms with Gasteiger partial charge in [0.1, 0.15) is 5.65 Å². The monoisotopic (exact) mass is 355 g/mol. The summed E-state index contributed by atoms with van der Waals surface area (Å²) in [4.78, 5) is 42.1. The smallest absolute Gasteiger partial charge is 0.253 e. The lowest BCUT2D eigenvalue weighted by atomic mass is 10.1. The molecule has 0 atom stereocenters. The minimum atomic E-state index is -0.427. The molecule has 0 saturated carbocycles. The first-order chi connectivity index (χ1) is 12.3. The minimum Gasteiger partial charge on any atom is -0.348 e. The van der Waals surface area contributed by atoms with Gasteiger partial charge in [0.25, 0.3) is 11.5 Å². The second kappa shape index (κ2) is 6.62. The van der Waals surface area contributed by atoms with Gasteiger partial charge in [0.15, 0.2) is 0 Å². The Bertz CT molecular complexity index is 1100. The Morgan fingerprint density at radius 1 is 1.23 bits per heavy atom. The maximum absolute atomic E-state index is 12.6. The number of carbonyl (C=O) groups is 1. The van der Waals surface area contributed by atoms with Crippen LogP contribution in [0.1, 0.15) is 47.1 Å². The van der Waals surface area contributed by atoms with Gasteiger partial charge < -0.3 is 15.3 Å². The van der Waals surface area contributed by atoms with Crippen molar-refractivity contribution in [2.45, 2.75) is 40.3 Å². The fraction of sp³-hybridized carbons (Fsp3) is 0.333. The molecule has 1 amide bonds. The summed E-state index contributed by atoms with van der Waals surface area (Å²) >= 11 is 0. The molecule has 0 radical (unpaired) electrons. The molecule has 3 aromatic rings. The Morgan fingerprint density at radius 3 is 2.62 bits per heavy atom. The molecule has 0 unspecified atom stereocenters. The van der Waals surface area contributed by atoms with E-state index in [4.69, 9.17) is 0 Å². The van der Waals surface area contributed by atoms with Crippen molar-refractivity contribution in [3.05, 3.63) is 61.4 Å². The number of hydrogen-bond donors (Lipinski definition) is 3. The van der Waals surface area contributed by atoms with E-state index in [1.165, 1.54) is 6.07 Å². The van der Waals surface area contributed by atoms with E-state index in [1.807, 2.05) is 26.8 Å². The van der Waals surface area contributed by atoms with Gasteiger partial charge >= 0.3 is 0 Å². The first kappa shape index (κ1) is 17.7. The van der Waals surface area contributed by atoms with Crippen LogP contribution in [0.3, 0.4) is 0 Å². The molecule has 3 rings (SSSR count). The van der Waals surface area contributed by atoms with Crippen molar-refractivity contribution < 1.29 is 4.79 Å². The topological polar surface area (TPSA) is 113 Å². The lowest BCUT2D eigenvalue weighted by molar-refractivity contribution is 0.0952. The van der Waals surface area contributed by atoms with Crippen LogP contribution in [0.5, 0.6) is 0 Å². The SMILES string of the molecule is Cc1cc(C)c(CNC(=O)c2cc(=O)[nH]c3c2cnn3C(C)C)c(=O)[nH]1. The zero-order valence-electron chi connectivity index (χ0n) is 15.1. The number of hydrogen-bond acceptors (Lipinski definition) is 4. The van der Waals surface area contributed by atoms with Gasteiger partial charge in [-0.3, -0.25) is 14.4 Å². The first-order valence-corrected chi connectivity index (χ1v) is 8.36. The first-order valence-electron chi connectivity index (χ1n) is 8.36. The molecule has 0 saturated heterocycles. The van der Waals surface area contributed by atoms with Crippen LogP contribution in [0.4, 0.5) is 0 Å². The highest BCUT2D eigenvalue weighted by atomic mass is 16.2. The Morgan fingerprint density at radius 2 is 1.96 bits per heavy atom. The lowest BCUT2D eigenvalue weighted by Crippen LogP contribution is -2.29. The van der Waals surface area contributed by atoms with Crippen molar-refractivity contribution in [3.63, 3.8) is 0 Å². The van der Waals surface area contributed by atoms with Crippen LogP contribution in [0.15, 0.2) is 27.9 Å². The summed E-state index contributed by atoms with van der Waals surface area (Å²) in [5, 5.41) is 7.53. The predicted octanol–water partition coefficient (Wildman–Crippen LogP) is 1.54. The number of fused-ring (bicyclic) bond motifs is 1. The zero-order chi connectivity index (χ0) is 19.0. The fourth-order valence-electron chi connectivity index (χ4n) is 2.99. The van der Waals surface area contributed by atoms with Gasteiger partial charge in [0, 0.05) is 29.9 Å². The van der Waals surface area contributed by atoms with Crippen LogP contribution < -0.4 is 16.4 Å². The van der Waals surface area contributed by atoms with Crippen molar-refractivity contribution in [2.24, 2.45) is 0 Å². The Kier molecular flexibility index (Phi) is 4.50. The van der Waals surface area contributed by atoms with Gasteiger partial charge in [-0.1, -0.05) is 0 Å². The molecule has 0 aromatic carbocycles. The molecule has 0 aliphatic rings. The third-order valence-electron chi connectivity index (χ3n) is 4.26. The number of aromatic amines is 2. The molecule has 3 aromatic heterocycles. The summed E-state index contributed by atoms with van der Waals surface area (Å²) in [7, 11) is 0. The van der Waals surface area contributed by atoms with Crippen LogP contribution >= 0.6 is 0 Å². The van der Waals surface area contributed by atoms with Crippen molar-refractivity contribution in [1.29, 1.82) is 0 Å². The molecule has 3 heterocycles. The number of H-pyrrole nitrogens is 2. The molecule has 0 aliphatic heterocycles. The minimum absolute atomic E-state index is 0.0372. The van der Waals surface area contributed by atoms with E-state index in [0.29, 0.717) is 16.6 Å². The van der Waals surface area contributed by atoms with Crippen LogP contribution in [-0.4, -0.2) is 25.7 Å². The summed E-state index contributed by atoms with van der Waals surface area (Å²) in [6, 6.07) is 3.13. The van der Waals surface area contributed by atoms with E-state index in [9.17, 15) is 14.4 Å². The van der Waals surface area contributed by atoms with Crippen LogP contribution in [0.2, 0.25) is 0 Å². The summed E-state index contributed by atoms with van der Waals surface area (Å²) in [5.74, 6) is -0.427. The number of amides is 1. The predicted molar refractivity (Wildman–Crippen MR) is 98.4 cm³/mol. The molecule has 0 spiro atoms. The summed E-state index contributed by atoms with van der Waals surface area (Å²) < 4.78 is 1.66. The average molecular weight is 355 g/mol. The van der Waals surface area contributed by atoms with Crippen molar-refractivity contribution in [1.82, 2.24) is 25.1 Å². The zero-order valence-corrected chi connectivity index (χ0v) is 15.1. The Balaban J connectivity index is 1.94. The Hall–Kier alpha value is -3.16. The van der Waals surface area contributed by atoms with E-state index < -0.39 is 5.91 Å². The molecule has 26 heavy (non-hydrogen) atoms. The van der Waals surface area contributed by atoms with Crippen molar-refractivity contribution in [2.75, 3.05) is 0 Å². The van der Waals surface area contributed by atoms with Gasteiger partial charge in [0.05, 0.1) is 17.1 Å². The fourth-order valence-corrected chi connectivity index (χ4v) is 2.99. The maximum Gasteiger partial charge on any atom is 0.253 e. The number of nitrogens with one attached hydrogen (secondary N) is 3. The highest BCUT2D eigenvalue weighted by Crippen LogP contribution is 2.18. The summed E-state index contributed by atoms with van der Waals surface area (Å²) in [5.41, 5.74) is 2.18. The van der Waals surface area contributed by atoms with Gasteiger partial charge in [-0.2, -0.15) is 5.10 Å². The lowest BCUT2D eigenvalue weighted by Gasteiger charge is -2.10. The third-order valence-corrected chi connectivity index (χ3v) is 4.26. The molecule has 0 aliphatic carbocycles. The number of nitrogens with zero attached hydrogens (tertiary/aromatic N) is 2. The Labute approximate surface area is 149 Å². The highest BCUT2D eigenvalue weighted by molar-refractivity contribution is 6.05.